The first-order valence-electron chi connectivity index (χ1n) is 3.93. The molecule has 0 radical (unpaired) electrons. The Hall–Kier alpha value is -0.130. The lowest BCUT2D eigenvalue weighted by Gasteiger charge is -2.16. The normalized spacial score (nSPS) is 15.1. The van der Waals surface area contributed by atoms with Crippen LogP contribution in [0.2, 0.25) is 0 Å². The summed E-state index contributed by atoms with van der Waals surface area (Å²) >= 11 is 0. The molecule has 0 fully saturated rings. The maximum atomic E-state index is 10.8. The number of sulfonamides is 1. The fourth-order valence-corrected chi connectivity index (χ4v) is 1.81. The first kappa shape index (κ1) is 11.9. The fraction of sp³-hybridized carbons (Fsp3) is 1.00. The van der Waals surface area contributed by atoms with Crippen molar-refractivity contribution < 1.29 is 13.5 Å². The van der Waals surface area contributed by atoms with Crippen molar-refractivity contribution in [1.29, 1.82) is 0 Å². The SMILES string of the molecule is CC(C)CC(CO)NS(C)(=O)=O. The Morgan fingerprint density at radius 1 is 1.42 bits per heavy atom. The van der Waals surface area contributed by atoms with Crippen molar-refractivity contribution in [1.82, 2.24) is 4.72 Å². The van der Waals surface area contributed by atoms with Gasteiger partial charge in [-0.25, -0.2) is 13.1 Å². The van der Waals surface area contributed by atoms with E-state index in [1.54, 1.807) is 0 Å². The summed E-state index contributed by atoms with van der Waals surface area (Å²) in [6.45, 7) is 3.81. The molecule has 0 heterocycles. The minimum Gasteiger partial charge on any atom is -0.395 e. The van der Waals surface area contributed by atoms with E-state index in [2.05, 4.69) is 4.72 Å². The van der Waals surface area contributed by atoms with E-state index in [9.17, 15) is 8.42 Å². The third-order valence-corrected chi connectivity index (χ3v) is 2.12. The summed E-state index contributed by atoms with van der Waals surface area (Å²) in [6, 6.07) is -0.347. The lowest BCUT2D eigenvalue weighted by atomic mass is 10.1. The van der Waals surface area contributed by atoms with E-state index in [0.717, 1.165) is 6.26 Å². The molecule has 0 spiro atoms. The summed E-state index contributed by atoms with van der Waals surface area (Å²) in [4.78, 5) is 0. The standard InChI is InChI=1S/C7H17NO3S/c1-6(2)4-7(5-9)8-12(3,10)11/h6-9H,4-5H2,1-3H3. The molecule has 0 aromatic rings. The molecule has 0 aliphatic carbocycles. The number of rotatable bonds is 5. The average Bonchev–Trinajstić information content (AvgIpc) is 1.82. The topological polar surface area (TPSA) is 66.4 Å². The summed E-state index contributed by atoms with van der Waals surface area (Å²) in [5.41, 5.74) is 0. The van der Waals surface area contributed by atoms with Crippen molar-refractivity contribution in [3.05, 3.63) is 0 Å². The van der Waals surface area contributed by atoms with Gasteiger partial charge in [0, 0.05) is 6.04 Å². The molecule has 0 aliphatic rings. The van der Waals surface area contributed by atoms with Crippen molar-refractivity contribution in [2.24, 2.45) is 5.92 Å². The minimum absolute atomic E-state index is 0.148. The molecule has 0 bridgehead atoms. The average molecular weight is 195 g/mol. The second kappa shape index (κ2) is 4.79. The van der Waals surface area contributed by atoms with Crippen molar-refractivity contribution in [2.45, 2.75) is 26.3 Å². The summed E-state index contributed by atoms with van der Waals surface area (Å²) in [5.74, 6) is 0.372. The molecule has 0 saturated carbocycles. The Labute approximate surface area is 74.0 Å². The van der Waals surface area contributed by atoms with Gasteiger partial charge in [-0.2, -0.15) is 0 Å². The number of hydrogen-bond acceptors (Lipinski definition) is 3. The molecule has 0 aliphatic heterocycles. The van der Waals surface area contributed by atoms with Gasteiger partial charge < -0.3 is 5.11 Å². The lowest BCUT2D eigenvalue weighted by molar-refractivity contribution is 0.240. The van der Waals surface area contributed by atoms with Gasteiger partial charge in [0.05, 0.1) is 12.9 Å². The van der Waals surface area contributed by atoms with Crippen LogP contribution in [0.15, 0.2) is 0 Å². The second-order valence-corrected chi connectivity index (χ2v) is 5.18. The molecule has 74 valence electrons. The van der Waals surface area contributed by atoms with Crippen LogP contribution in [0.25, 0.3) is 0 Å². The maximum absolute atomic E-state index is 10.8. The van der Waals surface area contributed by atoms with Crippen LogP contribution in [-0.4, -0.2) is 32.4 Å². The van der Waals surface area contributed by atoms with E-state index < -0.39 is 10.0 Å². The summed E-state index contributed by atoms with van der Waals surface area (Å²) in [7, 11) is -3.19. The van der Waals surface area contributed by atoms with Gasteiger partial charge in [0.15, 0.2) is 0 Å². The number of hydrogen-bond donors (Lipinski definition) is 2. The van der Waals surface area contributed by atoms with E-state index >= 15 is 0 Å². The quantitative estimate of drug-likeness (QED) is 0.646. The fourth-order valence-electron chi connectivity index (χ4n) is 1.03. The Morgan fingerprint density at radius 2 is 1.92 bits per heavy atom. The molecule has 1 atom stereocenters. The van der Waals surface area contributed by atoms with Gasteiger partial charge in [-0.15, -0.1) is 0 Å². The third-order valence-electron chi connectivity index (χ3n) is 1.36. The van der Waals surface area contributed by atoms with Crippen LogP contribution in [-0.2, 0) is 10.0 Å². The molecule has 1 unspecified atom stereocenters. The third kappa shape index (κ3) is 6.57. The van der Waals surface area contributed by atoms with E-state index in [1.165, 1.54) is 0 Å². The monoisotopic (exact) mass is 195 g/mol. The van der Waals surface area contributed by atoms with Gasteiger partial charge >= 0.3 is 0 Å². The van der Waals surface area contributed by atoms with Gasteiger partial charge in [-0.05, 0) is 12.3 Å². The maximum Gasteiger partial charge on any atom is 0.209 e. The van der Waals surface area contributed by atoms with Crippen LogP contribution >= 0.6 is 0 Å². The van der Waals surface area contributed by atoms with Crippen LogP contribution < -0.4 is 4.72 Å². The van der Waals surface area contributed by atoms with Crippen LogP contribution in [0.3, 0.4) is 0 Å². The molecule has 0 aromatic carbocycles. The van der Waals surface area contributed by atoms with Crippen LogP contribution in [0.4, 0.5) is 0 Å². The van der Waals surface area contributed by atoms with Crippen molar-refractivity contribution >= 4 is 10.0 Å². The Kier molecular flexibility index (Phi) is 4.74. The second-order valence-electron chi connectivity index (χ2n) is 3.40. The van der Waals surface area contributed by atoms with E-state index in [1.807, 2.05) is 13.8 Å². The lowest BCUT2D eigenvalue weighted by Crippen LogP contribution is -2.37. The van der Waals surface area contributed by atoms with Gasteiger partial charge in [-0.1, -0.05) is 13.8 Å². The number of aliphatic hydroxyl groups excluding tert-OH is 1. The van der Waals surface area contributed by atoms with Crippen molar-refractivity contribution in [3.8, 4) is 0 Å². The summed E-state index contributed by atoms with van der Waals surface area (Å²) in [5, 5.41) is 8.81. The van der Waals surface area contributed by atoms with E-state index in [0.29, 0.717) is 12.3 Å². The highest BCUT2D eigenvalue weighted by atomic mass is 32.2. The molecular weight excluding hydrogens is 178 g/mol. The first-order chi connectivity index (χ1) is 5.35. The van der Waals surface area contributed by atoms with E-state index in [4.69, 9.17) is 5.11 Å². The molecule has 5 heteroatoms. The molecule has 12 heavy (non-hydrogen) atoms. The van der Waals surface area contributed by atoms with Gasteiger partial charge in [-0.3, -0.25) is 0 Å². The van der Waals surface area contributed by atoms with Crippen LogP contribution in [0.1, 0.15) is 20.3 Å². The molecule has 2 N–H and O–H groups in total. The highest BCUT2D eigenvalue weighted by Gasteiger charge is 2.13. The number of aliphatic hydroxyl groups is 1. The number of nitrogens with one attached hydrogen (secondary N) is 1. The molecular formula is C7H17NO3S. The predicted molar refractivity (Wildman–Crippen MR) is 48.3 cm³/mol. The molecule has 4 nitrogen and oxygen atoms in total. The zero-order valence-corrected chi connectivity index (χ0v) is 8.56. The minimum atomic E-state index is -3.19. The molecule has 0 saturated heterocycles. The van der Waals surface area contributed by atoms with Gasteiger partial charge in [0.1, 0.15) is 0 Å². The molecule has 0 rings (SSSR count). The Balaban J connectivity index is 4.01. The highest BCUT2D eigenvalue weighted by Crippen LogP contribution is 2.04. The summed E-state index contributed by atoms with van der Waals surface area (Å²) in [6.07, 6.45) is 1.75. The Bertz CT molecular complexity index is 211. The summed E-state index contributed by atoms with van der Waals surface area (Å²) < 4.78 is 23.9. The molecule has 0 amide bonds. The van der Waals surface area contributed by atoms with Crippen LogP contribution in [0, 0.1) is 5.92 Å². The highest BCUT2D eigenvalue weighted by molar-refractivity contribution is 7.88. The van der Waals surface area contributed by atoms with Gasteiger partial charge in [0.2, 0.25) is 10.0 Å². The zero-order valence-electron chi connectivity index (χ0n) is 7.74. The van der Waals surface area contributed by atoms with Crippen molar-refractivity contribution in [3.63, 3.8) is 0 Å². The van der Waals surface area contributed by atoms with Crippen molar-refractivity contribution in [2.75, 3.05) is 12.9 Å². The van der Waals surface area contributed by atoms with E-state index in [-0.39, 0.29) is 12.6 Å². The van der Waals surface area contributed by atoms with Gasteiger partial charge in [0.25, 0.3) is 0 Å². The Morgan fingerprint density at radius 3 is 2.17 bits per heavy atom. The smallest absolute Gasteiger partial charge is 0.209 e. The first-order valence-corrected chi connectivity index (χ1v) is 5.82. The predicted octanol–water partition coefficient (Wildman–Crippen LogP) is -0.0574. The molecule has 0 aromatic heterocycles. The largest absolute Gasteiger partial charge is 0.395 e. The zero-order chi connectivity index (χ0) is 9.78. The van der Waals surface area contributed by atoms with Crippen LogP contribution in [0.5, 0.6) is 0 Å².